The van der Waals surface area contributed by atoms with E-state index in [1.165, 1.54) is 17.2 Å². The fourth-order valence-electron chi connectivity index (χ4n) is 2.16. The van der Waals surface area contributed by atoms with E-state index in [9.17, 15) is 4.39 Å². The first-order chi connectivity index (χ1) is 7.83. The molecule has 0 saturated carbocycles. The number of nitrogens with one attached hydrogen (secondary N) is 1. The number of benzene rings is 2. The molecule has 2 aromatic rings. The molecule has 0 atom stereocenters. The van der Waals surface area contributed by atoms with E-state index in [2.05, 4.69) is 11.4 Å². The van der Waals surface area contributed by atoms with Crippen molar-refractivity contribution in [2.24, 2.45) is 0 Å². The molecule has 0 spiro atoms. The van der Waals surface area contributed by atoms with Crippen molar-refractivity contribution in [1.29, 1.82) is 0 Å². The van der Waals surface area contributed by atoms with E-state index in [0.29, 0.717) is 0 Å². The van der Waals surface area contributed by atoms with Crippen LogP contribution in [0.4, 0.5) is 15.8 Å². The predicted molar refractivity (Wildman–Crippen MR) is 63.5 cm³/mol. The molecule has 0 unspecified atom stereocenters. The Balaban J connectivity index is 2.10. The number of aryl methyl sites for hydroxylation is 2. The van der Waals surface area contributed by atoms with Crippen molar-refractivity contribution in [1.82, 2.24) is 0 Å². The number of rotatable bonds is 0. The molecule has 0 bridgehead atoms. The quantitative estimate of drug-likeness (QED) is 0.704. The fourth-order valence-corrected chi connectivity index (χ4v) is 2.16. The third-order valence-electron chi connectivity index (χ3n) is 3.02. The molecule has 1 aliphatic rings. The van der Waals surface area contributed by atoms with Gasteiger partial charge in [-0.1, -0.05) is 24.3 Å². The molecule has 2 aromatic carbocycles. The molecule has 1 heterocycles. The van der Waals surface area contributed by atoms with Crippen LogP contribution in [-0.4, -0.2) is 0 Å². The van der Waals surface area contributed by atoms with E-state index >= 15 is 0 Å². The lowest BCUT2D eigenvalue weighted by atomic mass is 10.0. The number of halogens is 1. The maximum absolute atomic E-state index is 13.2. The van der Waals surface area contributed by atoms with Crippen molar-refractivity contribution in [3.63, 3.8) is 0 Å². The third kappa shape index (κ3) is 1.56. The zero-order valence-corrected chi connectivity index (χ0v) is 8.83. The summed E-state index contributed by atoms with van der Waals surface area (Å²) in [6.07, 6.45) is 1.96. The smallest absolute Gasteiger partial charge is 0.125 e. The van der Waals surface area contributed by atoms with Crippen LogP contribution < -0.4 is 5.32 Å². The molecule has 0 radical (unpaired) electrons. The Morgan fingerprint density at radius 3 is 2.50 bits per heavy atom. The Morgan fingerprint density at radius 1 is 0.875 bits per heavy atom. The molecule has 80 valence electrons. The van der Waals surface area contributed by atoms with Crippen LogP contribution in [0.1, 0.15) is 11.1 Å². The second-order valence-corrected chi connectivity index (χ2v) is 4.08. The highest BCUT2D eigenvalue weighted by atomic mass is 19.1. The first-order valence-electron chi connectivity index (χ1n) is 5.46. The lowest BCUT2D eigenvalue weighted by molar-refractivity contribution is 0.627. The maximum Gasteiger partial charge on any atom is 0.125 e. The number of hydrogen-bond acceptors (Lipinski definition) is 1. The van der Waals surface area contributed by atoms with Gasteiger partial charge in [0.1, 0.15) is 5.82 Å². The highest BCUT2D eigenvalue weighted by Gasteiger charge is 2.12. The largest absolute Gasteiger partial charge is 0.355 e. The average Bonchev–Trinajstić information content (AvgIpc) is 2.47. The summed E-state index contributed by atoms with van der Waals surface area (Å²) in [5.41, 5.74) is 4.45. The number of hydrogen-bond donors (Lipinski definition) is 1. The minimum Gasteiger partial charge on any atom is -0.355 e. The van der Waals surface area contributed by atoms with Crippen LogP contribution in [0.5, 0.6) is 0 Å². The lowest BCUT2D eigenvalue weighted by Crippen LogP contribution is -1.93. The summed E-state index contributed by atoms with van der Waals surface area (Å²) in [7, 11) is 0. The summed E-state index contributed by atoms with van der Waals surface area (Å²) in [4.78, 5) is 0. The summed E-state index contributed by atoms with van der Waals surface area (Å²) in [6, 6.07) is 13.1. The minimum atomic E-state index is -0.189. The zero-order valence-electron chi connectivity index (χ0n) is 8.83. The topological polar surface area (TPSA) is 12.0 Å². The van der Waals surface area contributed by atoms with Crippen molar-refractivity contribution in [3.8, 4) is 0 Å². The highest BCUT2D eigenvalue weighted by Crippen LogP contribution is 2.29. The van der Waals surface area contributed by atoms with Gasteiger partial charge in [0.05, 0.1) is 0 Å². The summed E-state index contributed by atoms with van der Waals surface area (Å²) in [5.74, 6) is -0.189. The highest BCUT2D eigenvalue weighted by molar-refractivity contribution is 5.68. The Bertz CT molecular complexity index is 534. The van der Waals surface area contributed by atoms with Crippen molar-refractivity contribution >= 4 is 11.4 Å². The van der Waals surface area contributed by atoms with Crippen LogP contribution in [0.15, 0.2) is 42.5 Å². The van der Waals surface area contributed by atoms with Crippen LogP contribution in [0.25, 0.3) is 0 Å². The average molecular weight is 213 g/mol. The Kier molecular flexibility index (Phi) is 2.13. The molecule has 2 heteroatoms. The summed E-state index contributed by atoms with van der Waals surface area (Å²) < 4.78 is 13.2. The molecule has 0 saturated heterocycles. The Labute approximate surface area is 93.9 Å². The molecule has 1 nitrogen and oxygen atoms in total. The van der Waals surface area contributed by atoms with Gasteiger partial charge in [-0.25, -0.2) is 4.39 Å². The predicted octanol–water partition coefficient (Wildman–Crippen LogP) is 3.67. The SMILES string of the molecule is Fc1ccc2c(c1)Nc1ccccc1CC2. The van der Waals surface area contributed by atoms with Crippen molar-refractivity contribution < 1.29 is 4.39 Å². The molecule has 0 fully saturated rings. The summed E-state index contributed by atoms with van der Waals surface area (Å²) >= 11 is 0. The molecule has 1 aliphatic heterocycles. The van der Waals surface area contributed by atoms with Gasteiger partial charge in [-0.05, 0) is 42.2 Å². The molecule has 1 N–H and O–H groups in total. The Hall–Kier alpha value is -1.83. The van der Waals surface area contributed by atoms with Crippen LogP contribution in [0.3, 0.4) is 0 Å². The summed E-state index contributed by atoms with van der Waals surface area (Å²) in [6.45, 7) is 0. The van der Waals surface area contributed by atoms with Crippen LogP contribution >= 0.6 is 0 Å². The molecule has 3 rings (SSSR count). The van der Waals surface area contributed by atoms with Crippen molar-refractivity contribution in [2.75, 3.05) is 5.32 Å². The van der Waals surface area contributed by atoms with Gasteiger partial charge >= 0.3 is 0 Å². The van der Waals surface area contributed by atoms with E-state index in [1.54, 1.807) is 6.07 Å². The second kappa shape index (κ2) is 3.63. The van der Waals surface area contributed by atoms with E-state index in [4.69, 9.17) is 0 Å². The molecule has 0 aromatic heterocycles. The fraction of sp³-hybridized carbons (Fsp3) is 0.143. The van der Waals surface area contributed by atoms with Gasteiger partial charge in [-0.3, -0.25) is 0 Å². The van der Waals surface area contributed by atoms with Crippen LogP contribution in [-0.2, 0) is 12.8 Å². The van der Waals surface area contributed by atoms with Gasteiger partial charge in [-0.2, -0.15) is 0 Å². The standard InChI is InChI=1S/C14H12FN/c15-12-8-7-11-6-5-10-3-1-2-4-13(10)16-14(11)9-12/h1-4,7-9,16H,5-6H2. The summed E-state index contributed by atoms with van der Waals surface area (Å²) in [5, 5.41) is 3.30. The number of fused-ring (bicyclic) bond motifs is 2. The van der Waals surface area contributed by atoms with Gasteiger partial charge in [-0.15, -0.1) is 0 Å². The molecule has 0 amide bonds. The zero-order chi connectivity index (χ0) is 11.0. The van der Waals surface area contributed by atoms with Gasteiger partial charge in [0.2, 0.25) is 0 Å². The van der Waals surface area contributed by atoms with Crippen molar-refractivity contribution in [3.05, 3.63) is 59.4 Å². The van der Waals surface area contributed by atoms with Crippen molar-refractivity contribution in [2.45, 2.75) is 12.8 Å². The van der Waals surface area contributed by atoms with Crippen LogP contribution in [0.2, 0.25) is 0 Å². The molecular formula is C14H12FN. The van der Waals surface area contributed by atoms with E-state index in [0.717, 1.165) is 24.2 Å². The third-order valence-corrected chi connectivity index (χ3v) is 3.02. The molecule has 16 heavy (non-hydrogen) atoms. The monoisotopic (exact) mass is 213 g/mol. The normalized spacial score (nSPS) is 13.3. The van der Waals surface area contributed by atoms with E-state index < -0.39 is 0 Å². The number of anilines is 2. The van der Waals surface area contributed by atoms with Crippen LogP contribution in [0, 0.1) is 5.82 Å². The first kappa shape index (κ1) is 9.40. The van der Waals surface area contributed by atoms with Gasteiger partial charge in [0, 0.05) is 11.4 Å². The van der Waals surface area contributed by atoms with E-state index in [1.807, 2.05) is 24.3 Å². The maximum atomic E-state index is 13.2. The van der Waals surface area contributed by atoms with Gasteiger partial charge < -0.3 is 5.32 Å². The van der Waals surface area contributed by atoms with Gasteiger partial charge in [0.25, 0.3) is 0 Å². The lowest BCUT2D eigenvalue weighted by Gasteiger charge is -2.09. The first-order valence-corrected chi connectivity index (χ1v) is 5.46. The van der Waals surface area contributed by atoms with Gasteiger partial charge in [0.15, 0.2) is 0 Å². The minimum absolute atomic E-state index is 0.189. The number of para-hydroxylation sites is 1. The van der Waals surface area contributed by atoms with E-state index in [-0.39, 0.29) is 5.82 Å². The second-order valence-electron chi connectivity index (χ2n) is 4.08. The Morgan fingerprint density at radius 2 is 1.62 bits per heavy atom. The molecule has 0 aliphatic carbocycles. The molecular weight excluding hydrogens is 201 g/mol.